The van der Waals surface area contributed by atoms with Gasteiger partial charge in [-0.3, -0.25) is 4.90 Å². The van der Waals surface area contributed by atoms with E-state index in [4.69, 9.17) is 14.0 Å². The summed E-state index contributed by atoms with van der Waals surface area (Å²) in [5.41, 5.74) is 2.54. The number of benzene rings is 1. The monoisotopic (exact) mass is 412 g/mol. The van der Waals surface area contributed by atoms with E-state index in [-0.39, 0.29) is 18.6 Å². The summed E-state index contributed by atoms with van der Waals surface area (Å²) >= 11 is 0. The highest BCUT2D eigenvalue weighted by Gasteiger charge is 2.30. The van der Waals surface area contributed by atoms with Crippen LogP contribution in [0.3, 0.4) is 0 Å². The van der Waals surface area contributed by atoms with Gasteiger partial charge in [0, 0.05) is 24.1 Å². The molecule has 0 unspecified atom stereocenters. The third-order valence-corrected chi connectivity index (χ3v) is 5.07. The van der Waals surface area contributed by atoms with E-state index in [1.165, 1.54) is 7.11 Å². The molecule has 0 spiro atoms. The minimum Gasteiger partial charge on any atom is -0.496 e. The molecule has 1 saturated heterocycles. The van der Waals surface area contributed by atoms with Crippen molar-refractivity contribution in [2.45, 2.75) is 58.0 Å². The Kier molecular flexibility index (Phi) is 6.85. The lowest BCUT2D eigenvalue weighted by Crippen LogP contribution is -2.23. The third kappa shape index (κ3) is 5.73. The second-order valence-electron chi connectivity index (χ2n) is 7.69. The van der Waals surface area contributed by atoms with Gasteiger partial charge in [-0.15, -0.1) is 0 Å². The zero-order valence-electron chi connectivity index (χ0n) is 17.0. The molecule has 2 aromatic rings. The Morgan fingerprint density at radius 3 is 2.72 bits per heavy atom. The van der Waals surface area contributed by atoms with E-state index < -0.39 is 12.8 Å². The second kappa shape index (κ2) is 9.17. The lowest BCUT2D eigenvalue weighted by molar-refractivity contribution is -0.176. The molecule has 0 amide bonds. The molecule has 0 bridgehead atoms. The van der Waals surface area contributed by atoms with Crippen LogP contribution in [0.4, 0.5) is 13.2 Å². The Balaban J connectivity index is 1.70. The summed E-state index contributed by atoms with van der Waals surface area (Å²) in [4.78, 5) is 2.32. The van der Waals surface area contributed by atoms with Crippen molar-refractivity contribution in [2.24, 2.45) is 0 Å². The summed E-state index contributed by atoms with van der Waals surface area (Å²) < 4.78 is 52.7. The van der Waals surface area contributed by atoms with Gasteiger partial charge in [0.2, 0.25) is 0 Å². The summed E-state index contributed by atoms with van der Waals surface area (Å²) in [5, 5.41) is 4.26. The lowest BCUT2D eigenvalue weighted by atomic mass is 10.1. The second-order valence-corrected chi connectivity index (χ2v) is 7.69. The molecule has 1 atom stereocenters. The van der Waals surface area contributed by atoms with E-state index in [0.717, 1.165) is 36.4 Å². The van der Waals surface area contributed by atoms with Crippen molar-refractivity contribution in [3.05, 3.63) is 46.8 Å². The summed E-state index contributed by atoms with van der Waals surface area (Å²) in [6, 6.07) is 7.77. The van der Waals surface area contributed by atoms with Crippen LogP contribution in [-0.2, 0) is 17.9 Å². The van der Waals surface area contributed by atoms with Crippen molar-refractivity contribution in [1.29, 1.82) is 0 Å². The maximum Gasteiger partial charge on any atom is 0.411 e. The van der Waals surface area contributed by atoms with Crippen LogP contribution in [-0.4, -0.2) is 36.5 Å². The van der Waals surface area contributed by atoms with Crippen molar-refractivity contribution in [3.8, 4) is 5.75 Å². The Bertz CT molecular complexity index is 805. The molecule has 1 aliphatic heterocycles. The van der Waals surface area contributed by atoms with E-state index in [9.17, 15) is 13.2 Å². The highest BCUT2D eigenvalue weighted by atomic mass is 19.4. The Morgan fingerprint density at radius 2 is 2.07 bits per heavy atom. The van der Waals surface area contributed by atoms with Crippen LogP contribution in [0.15, 0.2) is 28.8 Å². The Morgan fingerprint density at radius 1 is 1.28 bits per heavy atom. The summed E-state index contributed by atoms with van der Waals surface area (Å²) in [5.74, 6) is 1.68. The Labute approximate surface area is 168 Å². The highest BCUT2D eigenvalue weighted by Crippen LogP contribution is 2.34. The SMILES string of the molecule is COc1ccc(CN2CCC[C@H]2c2cc(C(C)C)on2)cc1COCC(F)(F)F. The van der Waals surface area contributed by atoms with Gasteiger partial charge < -0.3 is 14.0 Å². The summed E-state index contributed by atoms with van der Waals surface area (Å²) in [7, 11) is 1.50. The van der Waals surface area contributed by atoms with Crippen LogP contribution in [0.2, 0.25) is 0 Å². The number of alkyl halides is 3. The first kappa shape index (κ1) is 21.6. The molecule has 1 fully saturated rings. The van der Waals surface area contributed by atoms with Gasteiger partial charge in [-0.1, -0.05) is 25.1 Å². The molecule has 160 valence electrons. The van der Waals surface area contributed by atoms with Crippen molar-refractivity contribution < 1.29 is 27.2 Å². The zero-order valence-corrected chi connectivity index (χ0v) is 17.0. The molecule has 0 N–H and O–H groups in total. The summed E-state index contributed by atoms with van der Waals surface area (Å²) in [6.45, 7) is 4.30. The molecule has 0 radical (unpaired) electrons. The maximum absolute atomic E-state index is 12.4. The van der Waals surface area contributed by atoms with E-state index in [1.807, 2.05) is 18.2 Å². The van der Waals surface area contributed by atoms with Crippen LogP contribution in [0.5, 0.6) is 5.75 Å². The fourth-order valence-electron chi connectivity index (χ4n) is 3.64. The van der Waals surface area contributed by atoms with Crippen molar-refractivity contribution >= 4 is 0 Å². The predicted octanol–water partition coefficient (Wildman–Crippen LogP) is 5.22. The molecule has 2 heterocycles. The lowest BCUT2D eigenvalue weighted by Gasteiger charge is -2.23. The number of methoxy groups -OCH3 is 1. The number of likely N-dealkylation sites (tertiary alicyclic amines) is 1. The molecule has 0 saturated carbocycles. The van der Waals surface area contributed by atoms with E-state index in [0.29, 0.717) is 17.9 Å². The van der Waals surface area contributed by atoms with Gasteiger partial charge in [0.05, 0.1) is 19.8 Å². The van der Waals surface area contributed by atoms with Crippen molar-refractivity contribution in [1.82, 2.24) is 10.1 Å². The van der Waals surface area contributed by atoms with Gasteiger partial charge in [0.25, 0.3) is 0 Å². The average Bonchev–Trinajstić information content (AvgIpc) is 3.30. The largest absolute Gasteiger partial charge is 0.496 e. The third-order valence-electron chi connectivity index (χ3n) is 5.07. The quantitative estimate of drug-likeness (QED) is 0.595. The molecule has 29 heavy (non-hydrogen) atoms. The molecular formula is C21H27F3N2O3. The molecule has 1 aromatic carbocycles. The number of rotatable bonds is 8. The number of hydrogen-bond donors (Lipinski definition) is 0. The number of halogens is 3. The van der Waals surface area contributed by atoms with Gasteiger partial charge in [-0.25, -0.2) is 0 Å². The maximum atomic E-state index is 12.4. The number of hydrogen-bond acceptors (Lipinski definition) is 5. The van der Waals surface area contributed by atoms with Gasteiger partial charge in [-0.2, -0.15) is 13.2 Å². The first-order valence-corrected chi connectivity index (χ1v) is 9.77. The molecule has 1 aliphatic rings. The van der Waals surface area contributed by atoms with Gasteiger partial charge in [0.1, 0.15) is 23.8 Å². The van der Waals surface area contributed by atoms with Crippen LogP contribution >= 0.6 is 0 Å². The van der Waals surface area contributed by atoms with E-state index >= 15 is 0 Å². The standard InChI is InChI=1S/C21H27F3N2O3/c1-14(2)20-10-17(25-29-20)18-5-4-8-26(18)11-15-6-7-19(27-3)16(9-15)12-28-13-21(22,23)24/h6-7,9-10,14,18H,4-5,8,11-13H2,1-3H3/t18-/m0/s1. The normalized spacial score (nSPS) is 18.0. The first-order valence-electron chi connectivity index (χ1n) is 9.77. The van der Waals surface area contributed by atoms with Gasteiger partial charge in [0.15, 0.2) is 0 Å². The highest BCUT2D eigenvalue weighted by molar-refractivity contribution is 5.37. The van der Waals surface area contributed by atoms with Gasteiger partial charge in [-0.05, 0) is 37.1 Å². The average molecular weight is 412 g/mol. The Hall–Kier alpha value is -2.06. The van der Waals surface area contributed by atoms with Crippen molar-refractivity contribution in [3.63, 3.8) is 0 Å². The number of nitrogens with zero attached hydrogens (tertiary/aromatic N) is 2. The predicted molar refractivity (Wildman–Crippen MR) is 102 cm³/mol. The van der Waals surface area contributed by atoms with Crippen LogP contribution in [0, 0.1) is 0 Å². The smallest absolute Gasteiger partial charge is 0.411 e. The van der Waals surface area contributed by atoms with Crippen LogP contribution < -0.4 is 4.74 Å². The molecule has 3 rings (SSSR count). The molecule has 5 nitrogen and oxygen atoms in total. The van der Waals surface area contributed by atoms with Crippen molar-refractivity contribution in [2.75, 3.05) is 20.3 Å². The minimum atomic E-state index is -4.35. The van der Waals surface area contributed by atoms with Gasteiger partial charge >= 0.3 is 6.18 Å². The van der Waals surface area contributed by atoms with E-state index in [1.54, 1.807) is 6.07 Å². The molecule has 0 aliphatic carbocycles. The summed E-state index contributed by atoms with van der Waals surface area (Å²) in [6.07, 6.45) is -2.28. The molecular weight excluding hydrogens is 385 g/mol. The van der Waals surface area contributed by atoms with E-state index in [2.05, 4.69) is 23.9 Å². The number of aromatic nitrogens is 1. The molecule has 1 aromatic heterocycles. The fraction of sp³-hybridized carbons (Fsp3) is 0.571. The minimum absolute atomic E-state index is 0.152. The van der Waals surface area contributed by atoms with Crippen LogP contribution in [0.25, 0.3) is 0 Å². The molecule has 8 heteroatoms. The van der Waals surface area contributed by atoms with Crippen LogP contribution in [0.1, 0.15) is 61.2 Å². The zero-order chi connectivity index (χ0) is 21.0. The first-order chi connectivity index (χ1) is 13.8. The fourth-order valence-corrected chi connectivity index (χ4v) is 3.64. The topological polar surface area (TPSA) is 47.7 Å². The number of ether oxygens (including phenoxy) is 2.